The molecular formula is C13H15ClFN3O4. The maximum Gasteiger partial charge on any atom is 0.312 e. The number of urea groups is 1. The average Bonchev–Trinajstić information content (AvgIpc) is 2.41. The monoisotopic (exact) mass is 331 g/mol. The summed E-state index contributed by atoms with van der Waals surface area (Å²) in [5.74, 6) is -1.84. The third-order valence-corrected chi connectivity index (χ3v) is 2.81. The maximum absolute atomic E-state index is 12.9. The first-order chi connectivity index (χ1) is 10.3. The second kappa shape index (κ2) is 8.18. The van der Waals surface area contributed by atoms with Gasteiger partial charge in [0.2, 0.25) is 0 Å². The van der Waals surface area contributed by atoms with Crippen molar-refractivity contribution in [2.45, 2.75) is 19.4 Å². The first-order valence-electron chi connectivity index (χ1n) is 6.28. The number of primary amides is 1. The standard InChI is InChI=1S/C13H15ClFN3O4/c1-7(22-11(19)4-5-17-13(16)21)12(20)18-10-3-2-8(15)6-9(10)14/h2-3,6-7H,4-5H2,1H3,(H,18,20)(H3,16,17,21)/t7-/m1/s1. The van der Waals surface area contributed by atoms with E-state index in [0.717, 1.165) is 12.1 Å². The van der Waals surface area contributed by atoms with Crippen LogP contribution in [-0.4, -0.2) is 30.6 Å². The van der Waals surface area contributed by atoms with Gasteiger partial charge in [-0.15, -0.1) is 0 Å². The highest BCUT2D eigenvalue weighted by Crippen LogP contribution is 2.22. The molecule has 1 atom stereocenters. The summed E-state index contributed by atoms with van der Waals surface area (Å²) in [6, 6.07) is 2.71. The molecule has 0 unspecified atom stereocenters. The zero-order chi connectivity index (χ0) is 16.7. The molecule has 9 heteroatoms. The van der Waals surface area contributed by atoms with Crippen molar-refractivity contribution < 1.29 is 23.5 Å². The van der Waals surface area contributed by atoms with Crippen molar-refractivity contribution in [3.8, 4) is 0 Å². The smallest absolute Gasteiger partial charge is 0.312 e. The van der Waals surface area contributed by atoms with Crippen molar-refractivity contribution in [3.63, 3.8) is 0 Å². The van der Waals surface area contributed by atoms with Gasteiger partial charge in [-0.25, -0.2) is 9.18 Å². The minimum atomic E-state index is -1.08. The number of amides is 3. The lowest BCUT2D eigenvalue weighted by atomic mass is 10.3. The highest BCUT2D eigenvalue weighted by Gasteiger charge is 2.18. The van der Waals surface area contributed by atoms with E-state index in [9.17, 15) is 18.8 Å². The number of carbonyl (C=O) groups is 3. The summed E-state index contributed by atoms with van der Waals surface area (Å²) >= 11 is 5.77. The lowest BCUT2D eigenvalue weighted by molar-refractivity contribution is -0.153. The Hall–Kier alpha value is -2.35. The van der Waals surface area contributed by atoms with E-state index < -0.39 is 29.8 Å². The normalized spacial score (nSPS) is 11.4. The molecule has 4 N–H and O–H groups in total. The molecule has 0 heterocycles. The molecule has 0 aromatic heterocycles. The molecule has 1 aromatic carbocycles. The lowest BCUT2D eigenvalue weighted by Gasteiger charge is -2.14. The largest absolute Gasteiger partial charge is 0.452 e. The van der Waals surface area contributed by atoms with Gasteiger partial charge in [0, 0.05) is 6.54 Å². The summed E-state index contributed by atoms with van der Waals surface area (Å²) in [6.45, 7) is 1.37. The summed E-state index contributed by atoms with van der Waals surface area (Å²) in [6.07, 6.45) is -1.21. The Bertz CT molecular complexity index is 582. The molecule has 22 heavy (non-hydrogen) atoms. The number of hydrogen-bond acceptors (Lipinski definition) is 4. The van der Waals surface area contributed by atoms with Crippen LogP contribution in [-0.2, 0) is 14.3 Å². The number of esters is 1. The number of nitrogens with one attached hydrogen (secondary N) is 2. The van der Waals surface area contributed by atoms with Crippen molar-refractivity contribution in [3.05, 3.63) is 29.0 Å². The van der Waals surface area contributed by atoms with Gasteiger partial charge in [-0.3, -0.25) is 9.59 Å². The SMILES string of the molecule is C[C@@H](OC(=O)CCNC(N)=O)C(=O)Nc1ccc(F)cc1Cl. The van der Waals surface area contributed by atoms with Crippen LogP contribution < -0.4 is 16.4 Å². The molecule has 0 aliphatic heterocycles. The Balaban J connectivity index is 2.47. The Morgan fingerprint density at radius 3 is 2.68 bits per heavy atom. The second-order valence-electron chi connectivity index (χ2n) is 4.29. The second-order valence-corrected chi connectivity index (χ2v) is 4.69. The first-order valence-corrected chi connectivity index (χ1v) is 6.66. The van der Waals surface area contributed by atoms with E-state index >= 15 is 0 Å². The molecule has 120 valence electrons. The predicted octanol–water partition coefficient (Wildman–Crippen LogP) is 1.41. The van der Waals surface area contributed by atoms with E-state index in [-0.39, 0.29) is 23.7 Å². The van der Waals surface area contributed by atoms with Crippen molar-refractivity contribution in [1.82, 2.24) is 5.32 Å². The van der Waals surface area contributed by atoms with Crippen LogP contribution in [0.15, 0.2) is 18.2 Å². The van der Waals surface area contributed by atoms with Crippen LogP contribution in [0.5, 0.6) is 0 Å². The quantitative estimate of drug-likeness (QED) is 0.684. The first kappa shape index (κ1) is 17.7. The number of halogens is 2. The highest BCUT2D eigenvalue weighted by atomic mass is 35.5. The maximum atomic E-state index is 12.9. The van der Waals surface area contributed by atoms with Crippen LogP contribution in [0.25, 0.3) is 0 Å². The molecule has 7 nitrogen and oxygen atoms in total. The van der Waals surface area contributed by atoms with Crippen LogP contribution in [0.2, 0.25) is 5.02 Å². The van der Waals surface area contributed by atoms with Crippen LogP contribution in [0, 0.1) is 5.82 Å². The van der Waals surface area contributed by atoms with Gasteiger partial charge in [0.25, 0.3) is 5.91 Å². The number of rotatable bonds is 6. The van der Waals surface area contributed by atoms with Crippen LogP contribution >= 0.6 is 11.6 Å². The molecule has 0 spiro atoms. The topological polar surface area (TPSA) is 111 Å². The fraction of sp³-hybridized carbons (Fsp3) is 0.308. The number of carbonyl (C=O) groups excluding carboxylic acids is 3. The highest BCUT2D eigenvalue weighted by molar-refractivity contribution is 6.33. The number of ether oxygens (including phenoxy) is 1. The molecule has 0 radical (unpaired) electrons. The van der Waals surface area contributed by atoms with E-state index in [2.05, 4.69) is 10.6 Å². The Morgan fingerprint density at radius 2 is 2.09 bits per heavy atom. The lowest BCUT2D eigenvalue weighted by Crippen LogP contribution is -2.33. The molecule has 0 saturated heterocycles. The molecule has 0 fully saturated rings. The minimum absolute atomic E-state index is 0.00625. The molecule has 0 aliphatic carbocycles. The fourth-order valence-electron chi connectivity index (χ4n) is 1.42. The number of benzene rings is 1. The van der Waals surface area contributed by atoms with Gasteiger partial charge in [-0.1, -0.05) is 11.6 Å². The van der Waals surface area contributed by atoms with Crippen molar-refractivity contribution in [2.75, 3.05) is 11.9 Å². The fourth-order valence-corrected chi connectivity index (χ4v) is 1.64. The van der Waals surface area contributed by atoms with Crippen LogP contribution in [0.1, 0.15) is 13.3 Å². The Morgan fingerprint density at radius 1 is 1.41 bits per heavy atom. The molecular weight excluding hydrogens is 317 g/mol. The summed E-state index contributed by atoms with van der Waals surface area (Å²) in [7, 11) is 0. The van der Waals surface area contributed by atoms with Gasteiger partial charge in [-0.05, 0) is 25.1 Å². The zero-order valence-electron chi connectivity index (χ0n) is 11.7. The molecule has 0 aliphatic rings. The summed E-state index contributed by atoms with van der Waals surface area (Å²) in [5, 5.41) is 4.65. The van der Waals surface area contributed by atoms with Crippen molar-refractivity contribution in [2.24, 2.45) is 5.73 Å². The Kier molecular flexibility index (Phi) is 6.58. The molecule has 0 saturated carbocycles. The van der Waals surface area contributed by atoms with E-state index in [0.29, 0.717) is 0 Å². The summed E-state index contributed by atoms with van der Waals surface area (Å²) < 4.78 is 17.8. The molecule has 3 amide bonds. The summed E-state index contributed by atoms with van der Waals surface area (Å²) in [4.78, 5) is 33.7. The number of nitrogens with two attached hydrogens (primary N) is 1. The zero-order valence-corrected chi connectivity index (χ0v) is 12.4. The van der Waals surface area contributed by atoms with Crippen LogP contribution in [0.3, 0.4) is 0 Å². The predicted molar refractivity (Wildman–Crippen MR) is 77.8 cm³/mol. The molecule has 1 rings (SSSR count). The van der Waals surface area contributed by atoms with Gasteiger partial charge in [-0.2, -0.15) is 0 Å². The van der Waals surface area contributed by atoms with E-state index in [1.165, 1.54) is 13.0 Å². The van der Waals surface area contributed by atoms with Gasteiger partial charge in [0.05, 0.1) is 17.1 Å². The minimum Gasteiger partial charge on any atom is -0.452 e. The third-order valence-electron chi connectivity index (χ3n) is 2.49. The van der Waals surface area contributed by atoms with E-state index in [4.69, 9.17) is 22.1 Å². The van der Waals surface area contributed by atoms with Gasteiger partial charge in [0.15, 0.2) is 6.10 Å². The van der Waals surface area contributed by atoms with Crippen molar-refractivity contribution >= 4 is 35.2 Å². The van der Waals surface area contributed by atoms with Gasteiger partial charge < -0.3 is 21.1 Å². The van der Waals surface area contributed by atoms with E-state index in [1.54, 1.807) is 0 Å². The third kappa shape index (κ3) is 5.96. The molecule has 1 aromatic rings. The average molecular weight is 332 g/mol. The van der Waals surface area contributed by atoms with Crippen molar-refractivity contribution in [1.29, 1.82) is 0 Å². The van der Waals surface area contributed by atoms with Gasteiger partial charge in [0.1, 0.15) is 5.82 Å². The molecule has 0 bridgehead atoms. The Labute approximate surface area is 130 Å². The number of anilines is 1. The number of hydrogen-bond donors (Lipinski definition) is 3. The summed E-state index contributed by atoms with van der Waals surface area (Å²) in [5.41, 5.74) is 5.03. The van der Waals surface area contributed by atoms with Crippen LogP contribution in [0.4, 0.5) is 14.9 Å². The van der Waals surface area contributed by atoms with Gasteiger partial charge >= 0.3 is 12.0 Å². The van der Waals surface area contributed by atoms with E-state index in [1.807, 2.05) is 0 Å².